The van der Waals surface area contributed by atoms with Crippen LogP contribution in [0.5, 0.6) is 5.75 Å². The number of hydrogen-bond donors (Lipinski definition) is 1. The Morgan fingerprint density at radius 2 is 2.21 bits per heavy atom. The summed E-state index contributed by atoms with van der Waals surface area (Å²) >= 11 is 0. The van der Waals surface area contributed by atoms with E-state index < -0.39 is 11.9 Å². The summed E-state index contributed by atoms with van der Waals surface area (Å²) in [7, 11) is 1.53. The Bertz CT molecular complexity index is 486. The molecule has 102 valence electrons. The van der Waals surface area contributed by atoms with Crippen LogP contribution in [0.2, 0.25) is 0 Å². The van der Waals surface area contributed by atoms with Gasteiger partial charge in [-0.3, -0.25) is 9.59 Å². The van der Waals surface area contributed by atoms with Crippen molar-refractivity contribution >= 4 is 17.6 Å². The molecule has 1 aromatic rings. The first-order valence-electron chi connectivity index (χ1n) is 6.30. The number of methoxy groups -OCH3 is 1. The summed E-state index contributed by atoms with van der Waals surface area (Å²) in [5.74, 6) is -0.950. The van der Waals surface area contributed by atoms with Gasteiger partial charge in [0.1, 0.15) is 17.8 Å². The lowest BCUT2D eigenvalue weighted by molar-refractivity contribution is -0.146. The van der Waals surface area contributed by atoms with Crippen LogP contribution in [0.25, 0.3) is 0 Å². The average molecular weight is 263 g/mol. The average Bonchev–Trinajstić information content (AvgIpc) is 2.80. The Labute approximate surface area is 111 Å². The highest BCUT2D eigenvalue weighted by molar-refractivity contribution is 6.06. The molecule has 19 heavy (non-hydrogen) atoms. The molecule has 0 spiro atoms. The van der Waals surface area contributed by atoms with Crippen molar-refractivity contribution in [2.24, 2.45) is 5.92 Å². The summed E-state index contributed by atoms with van der Waals surface area (Å²) in [6, 6.07) is 7.08. The van der Waals surface area contributed by atoms with Gasteiger partial charge in [-0.15, -0.1) is 0 Å². The van der Waals surface area contributed by atoms with Crippen LogP contribution in [-0.2, 0) is 14.3 Å². The molecular weight excluding hydrogens is 246 g/mol. The number of carbonyl (C=O) groups excluding carboxylic acids is 2. The summed E-state index contributed by atoms with van der Waals surface area (Å²) in [5.41, 5.74) is 0.558. The van der Waals surface area contributed by atoms with Gasteiger partial charge in [0.2, 0.25) is 5.91 Å². The lowest BCUT2D eigenvalue weighted by atomic mass is 10.0. The number of amides is 1. The van der Waals surface area contributed by atoms with Crippen molar-refractivity contribution in [2.75, 3.05) is 12.4 Å². The van der Waals surface area contributed by atoms with Crippen molar-refractivity contribution in [3.05, 3.63) is 24.3 Å². The van der Waals surface area contributed by atoms with Crippen LogP contribution in [0.3, 0.4) is 0 Å². The molecule has 0 aromatic heterocycles. The number of esters is 1. The Morgan fingerprint density at radius 3 is 2.84 bits per heavy atom. The van der Waals surface area contributed by atoms with E-state index in [9.17, 15) is 9.59 Å². The molecule has 1 aliphatic heterocycles. The molecule has 1 fully saturated rings. The monoisotopic (exact) mass is 263 g/mol. The second kappa shape index (κ2) is 5.73. The molecule has 1 heterocycles. The van der Waals surface area contributed by atoms with E-state index in [0.29, 0.717) is 17.9 Å². The first kappa shape index (κ1) is 13.4. The number of rotatable bonds is 4. The molecule has 5 heteroatoms. The summed E-state index contributed by atoms with van der Waals surface area (Å²) in [6.45, 7) is 1.93. The summed E-state index contributed by atoms with van der Waals surface area (Å²) in [5, 5.41) is 2.71. The van der Waals surface area contributed by atoms with E-state index in [-0.39, 0.29) is 12.0 Å². The second-order valence-electron chi connectivity index (χ2n) is 4.44. The molecule has 1 amide bonds. The lowest BCUT2D eigenvalue weighted by Crippen LogP contribution is -2.26. The fourth-order valence-electron chi connectivity index (χ4n) is 2.09. The maximum absolute atomic E-state index is 12.1. The highest BCUT2D eigenvalue weighted by Gasteiger charge is 2.38. The molecule has 0 bridgehead atoms. The number of anilines is 1. The van der Waals surface area contributed by atoms with Crippen molar-refractivity contribution in [3.8, 4) is 5.75 Å². The molecule has 2 rings (SSSR count). The van der Waals surface area contributed by atoms with Gasteiger partial charge in [0.15, 0.2) is 0 Å². The van der Waals surface area contributed by atoms with Gasteiger partial charge in [0, 0.05) is 6.42 Å². The van der Waals surface area contributed by atoms with Gasteiger partial charge in [-0.1, -0.05) is 19.1 Å². The minimum Gasteiger partial charge on any atom is -0.495 e. The SMILES string of the molecule is CC[C@H]1C[C@H](C(=O)Nc2ccccc2OC)C(=O)O1. The van der Waals surface area contributed by atoms with Gasteiger partial charge < -0.3 is 14.8 Å². The Morgan fingerprint density at radius 1 is 1.47 bits per heavy atom. The lowest BCUT2D eigenvalue weighted by Gasteiger charge is -2.11. The van der Waals surface area contributed by atoms with E-state index in [1.165, 1.54) is 7.11 Å². The fourth-order valence-corrected chi connectivity index (χ4v) is 2.09. The quantitative estimate of drug-likeness (QED) is 0.666. The maximum atomic E-state index is 12.1. The molecular formula is C14H17NO4. The zero-order valence-corrected chi connectivity index (χ0v) is 11.0. The molecule has 1 aliphatic rings. The van der Waals surface area contributed by atoms with Crippen LogP contribution in [0.15, 0.2) is 24.3 Å². The highest BCUT2D eigenvalue weighted by atomic mass is 16.6. The Hall–Kier alpha value is -2.04. The minimum atomic E-state index is -0.727. The minimum absolute atomic E-state index is 0.152. The first-order chi connectivity index (χ1) is 9.15. The number of para-hydroxylation sites is 2. The maximum Gasteiger partial charge on any atom is 0.318 e. The number of cyclic esters (lactones) is 1. The van der Waals surface area contributed by atoms with E-state index in [4.69, 9.17) is 9.47 Å². The zero-order valence-electron chi connectivity index (χ0n) is 11.0. The largest absolute Gasteiger partial charge is 0.495 e. The smallest absolute Gasteiger partial charge is 0.318 e. The summed E-state index contributed by atoms with van der Waals surface area (Å²) in [4.78, 5) is 23.7. The van der Waals surface area contributed by atoms with Crippen LogP contribution in [0.4, 0.5) is 5.69 Å². The van der Waals surface area contributed by atoms with Gasteiger partial charge in [0.25, 0.3) is 0 Å². The van der Waals surface area contributed by atoms with Crippen LogP contribution < -0.4 is 10.1 Å². The van der Waals surface area contributed by atoms with E-state index in [2.05, 4.69) is 5.32 Å². The van der Waals surface area contributed by atoms with Gasteiger partial charge in [0.05, 0.1) is 12.8 Å². The highest BCUT2D eigenvalue weighted by Crippen LogP contribution is 2.27. The van der Waals surface area contributed by atoms with Gasteiger partial charge in [-0.25, -0.2) is 0 Å². The second-order valence-corrected chi connectivity index (χ2v) is 4.44. The number of ether oxygens (including phenoxy) is 2. The van der Waals surface area contributed by atoms with Crippen molar-refractivity contribution in [1.82, 2.24) is 0 Å². The zero-order chi connectivity index (χ0) is 13.8. The van der Waals surface area contributed by atoms with Crippen molar-refractivity contribution in [2.45, 2.75) is 25.9 Å². The number of nitrogens with one attached hydrogen (secondary N) is 1. The molecule has 0 unspecified atom stereocenters. The van der Waals surface area contributed by atoms with Crippen molar-refractivity contribution in [1.29, 1.82) is 0 Å². The predicted octanol–water partition coefficient (Wildman–Crippen LogP) is 1.98. The molecule has 1 N–H and O–H groups in total. The Balaban J connectivity index is 2.07. The van der Waals surface area contributed by atoms with E-state index in [1.807, 2.05) is 13.0 Å². The van der Waals surface area contributed by atoms with Gasteiger partial charge in [-0.2, -0.15) is 0 Å². The number of carbonyl (C=O) groups is 2. The molecule has 1 saturated heterocycles. The molecule has 1 aromatic carbocycles. The third-order valence-corrected chi connectivity index (χ3v) is 3.20. The van der Waals surface area contributed by atoms with Crippen LogP contribution in [0, 0.1) is 5.92 Å². The topological polar surface area (TPSA) is 64.6 Å². The van der Waals surface area contributed by atoms with Gasteiger partial charge in [-0.05, 0) is 18.6 Å². The standard InChI is InChI=1S/C14H17NO4/c1-3-9-8-10(14(17)19-9)13(16)15-11-6-4-5-7-12(11)18-2/h4-7,9-10H,3,8H2,1-2H3,(H,15,16)/t9-,10+/m0/s1. The summed E-state index contributed by atoms with van der Waals surface area (Å²) < 4.78 is 10.3. The molecule has 2 atom stereocenters. The predicted molar refractivity (Wildman–Crippen MR) is 69.9 cm³/mol. The van der Waals surface area contributed by atoms with Crippen molar-refractivity contribution < 1.29 is 19.1 Å². The van der Waals surface area contributed by atoms with Gasteiger partial charge >= 0.3 is 5.97 Å². The molecule has 5 nitrogen and oxygen atoms in total. The van der Waals surface area contributed by atoms with Crippen LogP contribution in [0.1, 0.15) is 19.8 Å². The first-order valence-corrected chi connectivity index (χ1v) is 6.30. The molecule has 0 radical (unpaired) electrons. The molecule has 0 saturated carbocycles. The number of benzene rings is 1. The third-order valence-electron chi connectivity index (χ3n) is 3.20. The molecule has 0 aliphatic carbocycles. The van der Waals surface area contributed by atoms with Crippen LogP contribution in [-0.4, -0.2) is 25.1 Å². The van der Waals surface area contributed by atoms with Crippen molar-refractivity contribution in [3.63, 3.8) is 0 Å². The van der Waals surface area contributed by atoms with E-state index in [1.54, 1.807) is 18.2 Å². The van der Waals surface area contributed by atoms with Crippen LogP contribution >= 0.6 is 0 Å². The van der Waals surface area contributed by atoms with E-state index >= 15 is 0 Å². The fraction of sp³-hybridized carbons (Fsp3) is 0.429. The van der Waals surface area contributed by atoms with E-state index in [0.717, 1.165) is 6.42 Å². The third kappa shape index (κ3) is 2.86. The normalized spacial score (nSPS) is 21.9. The summed E-state index contributed by atoms with van der Waals surface area (Å²) in [6.07, 6.45) is 1.02. The Kier molecular flexibility index (Phi) is 4.04. The number of hydrogen-bond acceptors (Lipinski definition) is 4.